The van der Waals surface area contributed by atoms with E-state index in [1.807, 2.05) is 4.90 Å². The quantitative estimate of drug-likeness (QED) is 0.792. The molecule has 0 aromatic carbocycles. The first-order valence-corrected chi connectivity index (χ1v) is 9.41. The summed E-state index contributed by atoms with van der Waals surface area (Å²) in [6, 6.07) is 3.44. The molecular formula is C21H31N3O2. The van der Waals surface area contributed by atoms with Crippen molar-refractivity contribution in [2.75, 3.05) is 13.1 Å². The summed E-state index contributed by atoms with van der Waals surface area (Å²) in [5.41, 5.74) is -0.341. The van der Waals surface area contributed by atoms with Gasteiger partial charge in [0, 0.05) is 31.0 Å². The molecule has 0 bridgehead atoms. The SMILES string of the molecule is C=CCNC(=O)C1(N(CC(C)(C)C)C(=O)c2ccncc2)CCCCC1. The van der Waals surface area contributed by atoms with E-state index < -0.39 is 5.54 Å². The fraction of sp³-hybridized carbons (Fsp3) is 0.571. The van der Waals surface area contributed by atoms with Gasteiger partial charge < -0.3 is 10.2 Å². The Hall–Kier alpha value is -2.17. The molecule has 2 amide bonds. The highest BCUT2D eigenvalue weighted by molar-refractivity contribution is 5.99. The summed E-state index contributed by atoms with van der Waals surface area (Å²) in [7, 11) is 0. The number of pyridine rings is 1. The van der Waals surface area contributed by atoms with Gasteiger partial charge in [-0.3, -0.25) is 14.6 Å². The minimum atomic E-state index is -0.797. The third-order valence-electron chi connectivity index (χ3n) is 4.83. The average Bonchev–Trinajstić information content (AvgIpc) is 2.64. The molecule has 2 rings (SSSR count). The lowest BCUT2D eigenvalue weighted by Crippen LogP contribution is -2.63. The van der Waals surface area contributed by atoms with Crippen LogP contribution in [0.1, 0.15) is 63.2 Å². The van der Waals surface area contributed by atoms with Crippen LogP contribution in [0.5, 0.6) is 0 Å². The van der Waals surface area contributed by atoms with Gasteiger partial charge in [0.05, 0.1) is 0 Å². The van der Waals surface area contributed by atoms with Crippen LogP contribution in [0.2, 0.25) is 0 Å². The molecule has 1 fully saturated rings. The monoisotopic (exact) mass is 357 g/mol. The van der Waals surface area contributed by atoms with Crippen molar-refractivity contribution in [3.63, 3.8) is 0 Å². The molecule has 5 heteroatoms. The van der Waals surface area contributed by atoms with Gasteiger partial charge in [-0.2, -0.15) is 0 Å². The molecule has 1 aliphatic carbocycles. The first-order chi connectivity index (χ1) is 12.3. The molecule has 26 heavy (non-hydrogen) atoms. The van der Waals surface area contributed by atoms with Crippen LogP contribution in [0.3, 0.4) is 0 Å². The van der Waals surface area contributed by atoms with Gasteiger partial charge in [0.1, 0.15) is 5.54 Å². The number of rotatable bonds is 6. The van der Waals surface area contributed by atoms with Crippen LogP contribution in [0.25, 0.3) is 0 Å². The van der Waals surface area contributed by atoms with Crippen molar-refractivity contribution in [3.05, 3.63) is 42.7 Å². The highest BCUT2D eigenvalue weighted by Gasteiger charge is 2.47. The molecule has 0 unspecified atom stereocenters. The van der Waals surface area contributed by atoms with Crippen LogP contribution >= 0.6 is 0 Å². The molecule has 1 aliphatic rings. The normalized spacial score (nSPS) is 16.6. The predicted octanol–water partition coefficient (Wildman–Crippen LogP) is 3.58. The maximum Gasteiger partial charge on any atom is 0.254 e. The highest BCUT2D eigenvalue weighted by atomic mass is 16.2. The Morgan fingerprint density at radius 1 is 1.23 bits per heavy atom. The third kappa shape index (κ3) is 4.71. The van der Waals surface area contributed by atoms with Crippen LogP contribution < -0.4 is 5.32 Å². The van der Waals surface area contributed by atoms with Gasteiger partial charge in [0.15, 0.2) is 0 Å². The molecule has 5 nitrogen and oxygen atoms in total. The Bertz CT molecular complexity index is 628. The molecule has 0 radical (unpaired) electrons. The molecule has 0 atom stereocenters. The Kier molecular flexibility index (Phi) is 6.57. The van der Waals surface area contributed by atoms with E-state index in [9.17, 15) is 9.59 Å². The Labute approximate surface area is 156 Å². The fourth-order valence-corrected chi connectivity index (χ4v) is 3.63. The van der Waals surface area contributed by atoms with E-state index in [0.29, 0.717) is 31.5 Å². The lowest BCUT2D eigenvalue weighted by molar-refractivity contribution is -0.135. The van der Waals surface area contributed by atoms with E-state index in [4.69, 9.17) is 0 Å². The van der Waals surface area contributed by atoms with Gasteiger partial charge in [-0.05, 0) is 30.4 Å². The predicted molar refractivity (Wildman–Crippen MR) is 104 cm³/mol. The van der Waals surface area contributed by atoms with Gasteiger partial charge in [-0.25, -0.2) is 0 Å². The molecule has 0 aliphatic heterocycles. The number of hydrogen-bond acceptors (Lipinski definition) is 3. The number of carbonyl (C=O) groups is 2. The second-order valence-electron chi connectivity index (χ2n) is 8.28. The van der Waals surface area contributed by atoms with E-state index in [0.717, 1.165) is 19.3 Å². The van der Waals surface area contributed by atoms with Crippen molar-refractivity contribution in [1.82, 2.24) is 15.2 Å². The molecule has 1 aromatic rings. The fourth-order valence-electron chi connectivity index (χ4n) is 3.63. The summed E-state index contributed by atoms with van der Waals surface area (Å²) in [4.78, 5) is 32.4. The van der Waals surface area contributed by atoms with Crippen LogP contribution in [0, 0.1) is 5.41 Å². The molecule has 1 heterocycles. The molecule has 1 aromatic heterocycles. The van der Waals surface area contributed by atoms with E-state index in [1.165, 1.54) is 0 Å². The third-order valence-corrected chi connectivity index (χ3v) is 4.83. The zero-order chi connectivity index (χ0) is 19.2. The number of hydrogen-bond donors (Lipinski definition) is 1. The van der Waals surface area contributed by atoms with Gasteiger partial charge >= 0.3 is 0 Å². The van der Waals surface area contributed by atoms with Gasteiger partial charge in [-0.1, -0.05) is 46.1 Å². The molecule has 0 saturated heterocycles. The lowest BCUT2D eigenvalue weighted by atomic mass is 9.77. The number of nitrogens with zero attached hydrogens (tertiary/aromatic N) is 2. The van der Waals surface area contributed by atoms with Crippen molar-refractivity contribution < 1.29 is 9.59 Å². The molecule has 0 spiro atoms. The van der Waals surface area contributed by atoms with Crippen molar-refractivity contribution in [1.29, 1.82) is 0 Å². The van der Waals surface area contributed by atoms with E-state index >= 15 is 0 Å². The summed E-state index contributed by atoms with van der Waals surface area (Å²) >= 11 is 0. The largest absolute Gasteiger partial charge is 0.351 e. The zero-order valence-corrected chi connectivity index (χ0v) is 16.3. The minimum Gasteiger partial charge on any atom is -0.351 e. The second kappa shape index (κ2) is 8.47. The maximum absolute atomic E-state index is 13.4. The standard InChI is InChI=1S/C21H31N3O2/c1-5-13-23-19(26)21(11-7-6-8-12-21)24(16-20(2,3)4)18(25)17-9-14-22-15-10-17/h5,9-10,14-15H,1,6-8,11-13,16H2,2-4H3,(H,23,26). The van der Waals surface area contributed by atoms with Crippen LogP contribution in [-0.4, -0.2) is 40.3 Å². The number of aromatic nitrogens is 1. The average molecular weight is 357 g/mol. The first kappa shape index (κ1) is 20.1. The summed E-state index contributed by atoms with van der Waals surface area (Å²) in [6.07, 6.45) is 9.31. The Morgan fingerprint density at radius 3 is 2.38 bits per heavy atom. The molecule has 1 N–H and O–H groups in total. The van der Waals surface area contributed by atoms with Gasteiger partial charge in [-0.15, -0.1) is 6.58 Å². The van der Waals surface area contributed by atoms with E-state index in [-0.39, 0.29) is 17.2 Å². The Balaban J connectivity index is 2.45. The number of amides is 2. The summed E-state index contributed by atoms with van der Waals surface area (Å²) in [5, 5.41) is 2.95. The van der Waals surface area contributed by atoms with Crippen molar-refractivity contribution in [3.8, 4) is 0 Å². The lowest BCUT2D eigenvalue weighted by Gasteiger charge is -2.47. The summed E-state index contributed by atoms with van der Waals surface area (Å²) in [6.45, 7) is 10.9. The van der Waals surface area contributed by atoms with E-state index in [2.05, 4.69) is 37.7 Å². The Morgan fingerprint density at radius 2 is 1.85 bits per heavy atom. The highest BCUT2D eigenvalue weighted by Crippen LogP contribution is 2.37. The topological polar surface area (TPSA) is 62.3 Å². The van der Waals surface area contributed by atoms with E-state index in [1.54, 1.807) is 30.6 Å². The van der Waals surface area contributed by atoms with Crippen molar-refractivity contribution in [2.24, 2.45) is 5.41 Å². The van der Waals surface area contributed by atoms with Gasteiger partial charge in [0.2, 0.25) is 5.91 Å². The molecule has 1 saturated carbocycles. The zero-order valence-electron chi connectivity index (χ0n) is 16.3. The summed E-state index contributed by atoms with van der Waals surface area (Å²) < 4.78 is 0. The molecular weight excluding hydrogens is 326 g/mol. The second-order valence-corrected chi connectivity index (χ2v) is 8.28. The maximum atomic E-state index is 13.4. The first-order valence-electron chi connectivity index (χ1n) is 9.41. The van der Waals surface area contributed by atoms with Crippen molar-refractivity contribution in [2.45, 2.75) is 58.4 Å². The summed E-state index contributed by atoms with van der Waals surface area (Å²) in [5.74, 6) is -0.165. The van der Waals surface area contributed by atoms with Crippen LogP contribution in [-0.2, 0) is 4.79 Å². The molecule has 142 valence electrons. The number of carbonyl (C=O) groups excluding carboxylic acids is 2. The van der Waals surface area contributed by atoms with Crippen LogP contribution in [0.15, 0.2) is 37.2 Å². The van der Waals surface area contributed by atoms with Crippen LogP contribution in [0.4, 0.5) is 0 Å². The van der Waals surface area contributed by atoms with Gasteiger partial charge in [0.25, 0.3) is 5.91 Å². The smallest absolute Gasteiger partial charge is 0.254 e. The minimum absolute atomic E-state index is 0.0660. The van der Waals surface area contributed by atoms with Crippen molar-refractivity contribution >= 4 is 11.8 Å². The number of nitrogens with one attached hydrogen (secondary N) is 1.